The van der Waals surface area contributed by atoms with Crippen LogP contribution in [0, 0.1) is 0 Å². The van der Waals surface area contributed by atoms with Gasteiger partial charge in [0, 0.05) is 17.7 Å². The molecule has 0 aliphatic rings. The van der Waals surface area contributed by atoms with Crippen molar-refractivity contribution in [2.24, 2.45) is 0 Å². The van der Waals surface area contributed by atoms with E-state index in [1.165, 1.54) is 48.3 Å². The SMILES string of the molecule is CSc1cccc(OC(C)CCC(=O)O)c1SCCCCCCCCCCCC(=O)O. The molecule has 2 N–H and O–H groups in total. The molecule has 31 heavy (non-hydrogen) atoms. The molecule has 7 heteroatoms. The van der Waals surface area contributed by atoms with Crippen molar-refractivity contribution in [2.45, 2.75) is 99.9 Å². The minimum atomic E-state index is -0.791. The second-order valence-electron chi connectivity index (χ2n) is 7.82. The summed E-state index contributed by atoms with van der Waals surface area (Å²) in [5.41, 5.74) is 0. The molecule has 0 fully saturated rings. The lowest BCUT2D eigenvalue weighted by molar-refractivity contribution is -0.138. The van der Waals surface area contributed by atoms with Gasteiger partial charge < -0.3 is 14.9 Å². The van der Waals surface area contributed by atoms with E-state index < -0.39 is 11.9 Å². The Morgan fingerprint density at radius 3 is 2.06 bits per heavy atom. The fourth-order valence-corrected chi connectivity index (χ4v) is 5.23. The van der Waals surface area contributed by atoms with Crippen molar-refractivity contribution in [2.75, 3.05) is 12.0 Å². The van der Waals surface area contributed by atoms with Gasteiger partial charge in [-0.2, -0.15) is 0 Å². The molecule has 0 bridgehead atoms. The van der Waals surface area contributed by atoms with E-state index in [4.69, 9.17) is 14.9 Å². The lowest BCUT2D eigenvalue weighted by Gasteiger charge is -2.18. The fraction of sp³-hybridized carbons (Fsp3) is 0.667. The third-order valence-electron chi connectivity index (χ3n) is 5.04. The number of unbranched alkanes of at least 4 members (excludes halogenated alkanes) is 8. The molecule has 0 heterocycles. The minimum absolute atomic E-state index is 0.119. The molecule has 0 spiro atoms. The van der Waals surface area contributed by atoms with Gasteiger partial charge in [-0.3, -0.25) is 9.59 Å². The standard InChI is InChI=1S/C24H38O5S2/c1-19(16-17-23(27)28)29-20-13-12-14-21(30-2)24(20)31-18-11-9-7-5-3-4-6-8-10-15-22(25)26/h12-14,19H,3-11,15-18H2,1-2H3,(H,25,26)(H,27,28). The molecule has 0 saturated heterocycles. The highest BCUT2D eigenvalue weighted by Gasteiger charge is 2.13. The van der Waals surface area contributed by atoms with Gasteiger partial charge in [0.1, 0.15) is 5.75 Å². The van der Waals surface area contributed by atoms with Crippen LogP contribution in [-0.2, 0) is 9.59 Å². The first-order valence-electron chi connectivity index (χ1n) is 11.3. The van der Waals surface area contributed by atoms with E-state index in [0.29, 0.717) is 12.8 Å². The Kier molecular flexibility index (Phi) is 15.4. The van der Waals surface area contributed by atoms with Crippen LogP contribution in [-0.4, -0.2) is 40.3 Å². The van der Waals surface area contributed by atoms with Crippen LogP contribution in [0.3, 0.4) is 0 Å². The van der Waals surface area contributed by atoms with Crippen molar-refractivity contribution >= 4 is 35.5 Å². The summed E-state index contributed by atoms with van der Waals surface area (Å²) >= 11 is 3.55. The van der Waals surface area contributed by atoms with Crippen molar-refractivity contribution in [3.63, 3.8) is 0 Å². The van der Waals surface area contributed by atoms with E-state index >= 15 is 0 Å². The third kappa shape index (κ3) is 13.6. The number of carboxylic acids is 2. The van der Waals surface area contributed by atoms with Gasteiger partial charge in [-0.1, -0.05) is 51.0 Å². The number of hydrogen-bond donors (Lipinski definition) is 2. The molecule has 0 aliphatic heterocycles. The van der Waals surface area contributed by atoms with Crippen LogP contribution in [0.1, 0.15) is 84.0 Å². The van der Waals surface area contributed by atoms with Crippen LogP contribution in [0.15, 0.2) is 28.0 Å². The van der Waals surface area contributed by atoms with Gasteiger partial charge >= 0.3 is 11.9 Å². The van der Waals surface area contributed by atoms with Crippen LogP contribution in [0.25, 0.3) is 0 Å². The summed E-state index contributed by atoms with van der Waals surface area (Å²) in [6.07, 6.45) is 13.2. The molecule has 5 nitrogen and oxygen atoms in total. The quantitative estimate of drug-likeness (QED) is 0.164. The molecule has 0 aliphatic carbocycles. The topological polar surface area (TPSA) is 83.8 Å². The molecular weight excluding hydrogens is 432 g/mol. The first-order valence-corrected chi connectivity index (χ1v) is 13.5. The maximum atomic E-state index is 10.8. The second-order valence-corrected chi connectivity index (χ2v) is 9.78. The zero-order valence-electron chi connectivity index (χ0n) is 18.9. The Balaban J connectivity index is 2.27. The lowest BCUT2D eigenvalue weighted by atomic mass is 10.1. The summed E-state index contributed by atoms with van der Waals surface area (Å²) in [5.74, 6) is 0.426. The highest BCUT2D eigenvalue weighted by molar-refractivity contribution is 8.02. The normalized spacial score (nSPS) is 11.9. The highest BCUT2D eigenvalue weighted by Crippen LogP contribution is 2.38. The summed E-state index contributed by atoms with van der Waals surface area (Å²) in [5, 5.41) is 17.5. The van der Waals surface area contributed by atoms with Gasteiger partial charge in [-0.05, 0) is 50.3 Å². The summed E-state index contributed by atoms with van der Waals surface area (Å²) in [7, 11) is 0. The maximum absolute atomic E-state index is 10.8. The summed E-state index contributed by atoms with van der Waals surface area (Å²) in [6, 6.07) is 6.09. The smallest absolute Gasteiger partial charge is 0.303 e. The van der Waals surface area contributed by atoms with Gasteiger partial charge in [-0.25, -0.2) is 0 Å². The number of carbonyl (C=O) groups is 2. The fourth-order valence-electron chi connectivity index (χ4n) is 3.28. The third-order valence-corrected chi connectivity index (χ3v) is 7.15. The molecular formula is C24H38O5S2. The van der Waals surface area contributed by atoms with E-state index in [0.717, 1.165) is 30.8 Å². The van der Waals surface area contributed by atoms with Crippen LogP contribution >= 0.6 is 23.5 Å². The first-order chi connectivity index (χ1) is 14.9. The number of thioether (sulfide) groups is 2. The van der Waals surface area contributed by atoms with Gasteiger partial charge in [0.05, 0.1) is 11.0 Å². The molecule has 0 saturated carbocycles. The first kappa shape index (κ1) is 27.7. The second kappa shape index (κ2) is 17.2. The predicted molar refractivity (Wildman–Crippen MR) is 130 cm³/mol. The van der Waals surface area contributed by atoms with Gasteiger partial charge in [-0.15, -0.1) is 23.5 Å². The van der Waals surface area contributed by atoms with Crippen molar-refractivity contribution in [3.05, 3.63) is 18.2 Å². The van der Waals surface area contributed by atoms with Crippen LogP contribution < -0.4 is 4.74 Å². The summed E-state index contributed by atoms with van der Waals surface area (Å²) in [6.45, 7) is 1.93. The molecule has 0 amide bonds. The Morgan fingerprint density at radius 2 is 1.48 bits per heavy atom. The minimum Gasteiger partial charge on any atom is -0.489 e. The average molecular weight is 471 g/mol. The van der Waals surface area contributed by atoms with E-state index in [1.807, 2.05) is 30.8 Å². The van der Waals surface area contributed by atoms with Crippen LogP contribution in [0.2, 0.25) is 0 Å². The zero-order valence-corrected chi connectivity index (χ0v) is 20.6. The van der Waals surface area contributed by atoms with Crippen LogP contribution in [0.5, 0.6) is 5.75 Å². The predicted octanol–water partition coefficient (Wildman–Crippen LogP) is 7.12. The molecule has 1 atom stereocenters. The van der Waals surface area contributed by atoms with Crippen molar-refractivity contribution in [3.8, 4) is 5.75 Å². The van der Waals surface area contributed by atoms with Crippen molar-refractivity contribution in [1.82, 2.24) is 0 Å². The van der Waals surface area contributed by atoms with E-state index in [2.05, 4.69) is 12.3 Å². The van der Waals surface area contributed by atoms with E-state index in [1.54, 1.807) is 11.8 Å². The molecule has 1 aromatic carbocycles. The van der Waals surface area contributed by atoms with E-state index in [9.17, 15) is 9.59 Å². The average Bonchev–Trinajstić information content (AvgIpc) is 2.73. The monoisotopic (exact) mass is 470 g/mol. The Labute approximate surface area is 195 Å². The lowest BCUT2D eigenvalue weighted by Crippen LogP contribution is -2.14. The number of benzene rings is 1. The van der Waals surface area contributed by atoms with Gasteiger partial charge in [0.2, 0.25) is 0 Å². The Hall–Kier alpha value is -1.34. The molecule has 0 aromatic heterocycles. The Morgan fingerprint density at radius 1 is 0.903 bits per heavy atom. The van der Waals surface area contributed by atoms with E-state index in [-0.39, 0.29) is 12.5 Å². The number of aliphatic carboxylic acids is 2. The van der Waals surface area contributed by atoms with Gasteiger partial charge in [0.15, 0.2) is 0 Å². The largest absolute Gasteiger partial charge is 0.489 e. The summed E-state index contributed by atoms with van der Waals surface area (Å²) < 4.78 is 6.07. The Bertz CT molecular complexity index is 651. The maximum Gasteiger partial charge on any atom is 0.303 e. The number of carboxylic acid groups (broad SMARTS) is 2. The summed E-state index contributed by atoms with van der Waals surface area (Å²) in [4.78, 5) is 23.6. The molecule has 0 radical (unpaired) electrons. The zero-order chi connectivity index (χ0) is 22.9. The molecule has 1 aromatic rings. The number of ether oxygens (including phenoxy) is 1. The molecule has 176 valence electrons. The number of hydrogen-bond acceptors (Lipinski definition) is 5. The van der Waals surface area contributed by atoms with Crippen molar-refractivity contribution in [1.29, 1.82) is 0 Å². The van der Waals surface area contributed by atoms with Gasteiger partial charge in [0.25, 0.3) is 0 Å². The van der Waals surface area contributed by atoms with Crippen LogP contribution in [0.4, 0.5) is 0 Å². The van der Waals surface area contributed by atoms with Crippen molar-refractivity contribution < 1.29 is 24.5 Å². The number of rotatable bonds is 19. The highest BCUT2D eigenvalue weighted by atomic mass is 32.2. The molecule has 1 unspecified atom stereocenters. The molecule has 1 rings (SSSR count).